The van der Waals surface area contributed by atoms with Gasteiger partial charge in [-0.1, -0.05) is 84.5 Å². The third kappa shape index (κ3) is 6.17. The lowest BCUT2D eigenvalue weighted by molar-refractivity contribution is 0.186. The minimum absolute atomic E-state index is 0.866. The van der Waals surface area contributed by atoms with E-state index < -0.39 is 0 Å². The largest absolute Gasteiger partial charge is 0.466 e. The molecule has 0 aliphatic heterocycles. The molecule has 1 heteroatoms. The fraction of sp³-hybridized carbons (Fsp3) is 0.862. The summed E-state index contributed by atoms with van der Waals surface area (Å²) < 4.78 is 6.35. The van der Waals surface area contributed by atoms with Gasteiger partial charge in [-0.25, -0.2) is 0 Å². The molecule has 0 radical (unpaired) electrons. The van der Waals surface area contributed by atoms with E-state index in [4.69, 9.17) is 4.42 Å². The van der Waals surface area contributed by atoms with Crippen LogP contribution in [0.5, 0.6) is 0 Å². The maximum atomic E-state index is 6.35. The van der Waals surface area contributed by atoms with E-state index in [9.17, 15) is 0 Å². The Morgan fingerprint density at radius 3 is 1.73 bits per heavy atom. The lowest BCUT2D eigenvalue weighted by atomic mass is 9.72. The Kier molecular flexibility index (Phi) is 8.42. The summed E-state index contributed by atoms with van der Waals surface area (Å²) in [5, 5.41) is 0. The molecule has 3 saturated carbocycles. The minimum Gasteiger partial charge on any atom is -0.466 e. The van der Waals surface area contributed by atoms with Crippen molar-refractivity contribution in [3.05, 3.63) is 23.7 Å². The Balaban J connectivity index is 1.17. The fourth-order valence-electron chi connectivity index (χ4n) is 7.29. The molecule has 1 heterocycles. The van der Waals surface area contributed by atoms with Gasteiger partial charge in [-0.05, 0) is 73.3 Å². The molecule has 0 aromatic carbocycles. The highest BCUT2D eigenvalue weighted by molar-refractivity contribution is 5.09. The van der Waals surface area contributed by atoms with Crippen molar-refractivity contribution in [1.82, 2.24) is 0 Å². The van der Waals surface area contributed by atoms with Crippen LogP contribution in [0.3, 0.4) is 0 Å². The summed E-state index contributed by atoms with van der Waals surface area (Å²) in [5.41, 5.74) is 0. The van der Waals surface area contributed by atoms with Crippen LogP contribution in [-0.4, -0.2) is 0 Å². The van der Waals surface area contributed by atoms with E-state index >= 15 is 0 Å². The first kappa shape index (κ1) is 22.5. The molecule has 1 nitrogen and oxygen atoms in total. The molecule has 3 fully saturated rings. The van der Waals surface area contributed by atoms with Gasteiger partial charge in [0.15, 0.2) is 0 Å². The Morgan fingerprint density at radius 2 is 1.13 bits per heavy atom. The van der Waals surface area contributed by atoms with Gasteiger partial charge in [-0.2, -0.15) is 0 Å². The van der Waals surface area contributed by atoms with E-state index in [0.29, 0.717) is 0 Å². The van der Waals surface area contributed by atoms with Crippen molar-refractivity contribution in [3.8, 4) is 0 Å². The van der Waals surface area contributed by atoms with Crippen molar-refractivity contribution in [2.45, 2.75) is 123 Å². The number of rotatable bonds is 8. The zero-order valence-corrected chi connectivity index (χ0v) is 20.0. The van der Waals surface area contributed by atoms with Crippen molar-refractivity contribution in [3.63, 3.8) is 0 Å². The smallest absolute Gasteiger partial charge is 0.104 e. The van der Waals surface area contributed by atoms with Crippen molar-refractivity contribution >= 4 is 0 Å². The van der Waals surface area contributed by atoms with Gasteiger partial charge >= 0.3 is 0 Å². The first-order valence-corrected chi connectivity index (χ1v) is 13.8. The van der Waals surface area contributed by atoms with E-state index in [0.717, 1.165) is 35.5 Å². The molecule has 0 amide bonds. The van der Waals surface area contributed by atoms with Crippen LogP contribution in [0.15, 0.2) is 16.5 Å². The Bertz CT molecular complexity index is 600. The highest BCUT2D eigenvalue weighted by Crippen LogP contribution is 2.40. The summed E-state index contributed by atoms with van der Waals surface area (Å²) in [6.45, 7) is 4.76. The average molecular weight is 413 g/mol. The predicted octanol–water partition coefficient (Wildman–Crippen LogP) is 8.99. The monoisotopic (exact) mass is 412 g/mol. The number of hydrogen-bond acceptors (Lipinski definition) is 1. The van der Waals surface area contributed by atoms with E-state index in [1.807, 2.05) is 0 Å². The second kappa shape index (κ2) is 11.2. The van der Waals surface area contributed by atoms with Crippen LogP contribution in [-0.2, 0) is 12.8 Å². The predicted molar refractivity (Wildman–Crippen MR) is 128 cm³/mol. The second-order valence-corrected chi connectivity index (χ2v) is 11.4. The summed E-state index contributed by atoms with van der Waals surface area (Å²) in [6.07, 6.45) is 24.3. The SMILES string of the molecule is CCC1CCC(CC2CCC(Cc3ccc(CC4CCCCC4CC)o3)CC2)CC1. The van der Waals surface area contributed by atoms with Crippen LogP contribution < -0.4 is 0 Å². The summed E-state index contributed by atoms with van der Waals surface area (Å²) in [7, 11) is 0. The van der Waals surface area contributed by atoms with Crippen molar-refractivity contribution in [2.24, 2.45) is 35.5 Å². The van der Waals surface area contributed by atoms with E-state index in [1.165, 1.54) is 121 Å². The zero-order chi connectivity index (χ0) is 20.8. The lowest BCUT2D eigenvalue weighted by Crippen LogP contribution is -2.21. The molecular weight excluding hydrogens is 364 g/mol. The van der Waals surface area contributed by atoms with Gasteiger partial charge in [0, 0.05) is 12.8 Å². The molecule has 2 unspecified atom stereocenters. The average Bonchev–Trinajstić information content (AvgIpc) is 3.23. The number of furan rings is 1. The van der Waals surface area contributed by atoms with Crippen molar-refractivity contribution in [2.75, 3.05) is 0 Å². The van der Waals surface area contributed by atoms with Gasteiger partial charge in [0.25, 0.3) is 0 Å². The van der Waals surface area contributed by atoms with Crippen LogP contribution in [0.2, 0.25) is 0 Å². The van der Waals surface area contributed by atoms with Crippen LogP contribution in [0.1, 0.15) is 122 Å². The number of hydrogen-bond donors (Lipinski definition) is 0. The van der Waals surface area contributed by atoms with E-state index in [-0.39, 0.29) is 0 Å². The maximum absolute atomic E-state index is 6.35. The van der Waals surface area contributed by atoms with Crippen LogP contribution >= 0.6 is 0 Å². The first-order valence-electron chi connectivity index (χ1n) is 13.8. The van der Waals surface area contributed by atoms with Crippen LogP contribution in [0.4, 0.5) is 0 Å². The van der Waals surface area contributed by atoms with Crippen LogP contribution in [0.25, 0.3) is 0 Å². The van der Waals surface area contributed by atoms with Gasteiger partial charge < -0.3 is 4.42 Å². The highest BCUT2D eigenvalue weighted by Gasteiger charge is 2.28. The molecule has 3 aliphatic carbocycles. The molecule has 1 aromatic heterocycles. The molecule has 0 bridgehead atoms. The normalized spacial score (nSPS) is 35.4. The lowest BCUT2D eigenvalue weighted by Gasteiger charge is -2.34. The molecule has 0 spiro atoms. The van der Waals surface area contributed by atoms with Gasteiger partial charge in [0.05, 0.1) is 0 Å². The third-order valence-electron chi connectivity index (χ3n) is 9.44. The van der Waals surface area contributed by atoms with E-state index in [2.05, 4.69) is 26.0 Å². The summed E-state index contributed by atoms with van der Waals surface area (Å²) in [5.74, 6) is 8.32. The standard InChI is InChI=1S/C29H48O/c1-3-22-9-11-23(12-10-22)19-24-13-15-25(16-14-24)20-28-17-18-29(30-28)21-27-8-6-5-7-26(27)4-2/h17-18,22-27H,3-16,19-21H2,1-2H3. The van der Waals surface area contributed by atoms with E-state index in [1.54, 1.807) is 0 Å². The quantitative estimate of drug-likeness (QED) is 0.415. The topological polar surface area (TPSA) is 13.1 Å². The Hall–Kier alpha value is -0.720. The highest BCUT2D eigenvalue weighted by atomic mass is 16.3. The molecule has 170 valence electrons. The molecule has 0 N–H and O–H groups in total. The molecule has 0 saturated heterocycles. The Morgan fingerprint density at radius 1 is 0.600 bits per heavy atom. The summed E-state index contributed by atoms with van der Waals surface area (Å²) >= 11 is 0. The molecule has 4 rings (SSSR count). The summed E-state index contributed by atoms with van der Waals surface area (Å²) in [4.78, 5) is 0. The molecule has 1 aromatic rings. The van der Waals surface area contributed by atoms with Gasteiger partial charge in [0.2, 0.25) is 0 Å². The molecule has 3 aliphatic rings. The van der Waals surface area contributed by atoms with Crippen LogP contribution in [0, 0.1) is 35.5 Å². The molecule has 30 heavy (non-hydrogen) atoms. The molecule has 2 atom stereocenters. The second-order valence-electron chi connectivity index (χ2n) is 11.4. The third-order valence-corrected chi connectivity index (χ3v) is 9.44. The first-order chi connectivity index (χ1) is 14.7. The maximum Gasteiger partial charge on any atom is 0.104 e. The van der Waals surface area contributed by atoms with Gasteiger partial charge in [-0.3, -0.25) is 0 Å². The Labute approximate surface area is 186 Å². The summed E-state index contributed by atoms with van der Waals surface area (Å²) in [6, 6.07) is 4.60. The van der Waals surface area contributed by atoms with Crippen molar-refractivity contribution in [1.29, 1.82) is 0 Å². The van der Waals surface area contributed by atoms with Crippen molar-refractivity contribution < 1.29 is 4.42 Å². The van der Waals surface area contributed by atoms with Gasteiger partial charge in [0.1, 0.15) is 11.5 Å². The minimum atomic E-state index is 0.866. The zero-order valence-electron chi connectivity index (χ0n) is 20.0. The fourth-order valence-corrected chi connectivity index (χ4v) is 7.29. The van der Waals surface area contributed by atoms with Gasteiger partial charge in [-0.15, -0.1) is 0 Å². The molecular formula is C29H48O.